The number of carbonyl (C=O) groups is 2. The largest absolute Gasteiger partial charge is 0.422 e. The van der Waals surface area contributed by atoms with Gasteiger partial charge >= 0.3 is 5.63 Å². The molecule has 3 aromatic carbocycles. The van der Waals surface area contributed by atoms with E-state index in [4.69, 9.17) is 10.2 Å². The number of benzene rings is 3. The van der Waals surface area contributed by atoms with Crippen LogP contribution in [-0.2, 0) is 19.5 Å². The number of primary amides is 1. The summed E-state index contributed by atoms with van der Waals surface area (Å²) in [6, 6.07) is 23.0. The lowest BCUT2D eigenvalue weighted by atomic mass is 10.0. The number of carbonyl (C=O) groups excluding carboxylic acids is 2. The number of amides is 2. The van der Waals surface area contributed by atoms with Gasteiger partial charge in [0.15, 0.2) is 0 Å². The Morgan fingerprint density at radius 3 is 2.55 bits per heavy atom. The Hall–Kier alpha value is -3.98. The molecule has 0 bridgehead atoms. The predicted octanol–water partition coefficient (Wildman–Crippen LogP) is 5.34. The van der Waals surface area contributed by atoms with Crippen molar-refractivity contribution in [2.45, 2.75) is 19.5 Å². The number of rotatable bonds is 5. The van der Waals surface area contributed by atoms with Crippen LogP contribution in [-0.4, -0.2) is 23.3 Å². The van der Waals surface area contributed by atoms with Gasteiger partial charge in [-0.3, -0.25) is 14.5 Å². The average Bonchev–Trinajstić information content (AvgIpc) is 3.26. The average molecular weight is 546 g/mol. The summed E-state index contributed by atoms with van der Waals surface area (Å²) in [4.78, 5) is 41.7. The van der Waals surface area contributed by atoms with Crippen LogP contribution in [0.15, 0.2) is 82.0 Å². The predicted molar refractivity (Wildman–Crippen MR) is 152 cm³/mol. The third-order valence-electron chi connectivity index (χ3n) is 6.74. The highest BCUT2D eigenvalue weighted by Gasteiger charge is 2.28. The van der Waals surface area contributed by atoms with Crippen LogP contribution >= 0.6 is 23.7 Å². The van der Waals surface area contributed by atoms with Crippen LogP contribution < -0.4 is 16.7 Å². The topological polar surface area (TPSA) is 106 Å². The molecular formula is C29H24ClN3O4S. The number of hydrogen-bond acceptors (Lipinski definition) is 6. The summed E-state index contributed by atoms with van der Waals surface area (Å²) < 4.78 is 5.48. The van der Waals surface area contributed by atoms with Gasteiger partial charge in [-0.15, -0.1) is 23.7 Å². The minimum atomic E-state index is -0.740. The van der Waals surface area contributed by atoms with E-state index < -0.39 is 17.4 Å². The second-order valence-corrected chi connectivity index (χ2v) is 10.2. The van der Waals surface area contributed by atoms with Crippen LogP contribution in [0.2, 0.25) is 0 Å². The standard InChI is InChI=1S/C29H23N3O4S.ClH/c30-26(33)25-20-12-13-32(15-17-6-2-1-3-7-17)16-24(20)37-28(25)31-27(34)22-14-21-19-9-5-4-8-18(19)10-11-23(21)36-29(22)35;/h1-11,14H,12-13,15-16H2,(H2,30,33)(H,31,34);1H. The summed E-state index contributed by atoms with van der Waals surface area (Å²) >= 11 is 1.33. The molecule has 9 heteroatoms. The van der Waals surface area contributed by atoms with Crippen molar-refractivity contribution in [3.05, 3.63) is 110 Å². The van der Waals surface area contributed by atoms with Gasteiger partial charge in [-0.2, -0.15) is 0 Å². The minimum absolute atomic E-state index is 0. The first-order valence-electron chi connectivity index (χ1n) is 12.0. The van der Waals surface area contributed by atoms with Crippen LogP contribution in [0.1, 0.15) is 36.7 Å². The van der Waals surface area contributed by atoms with Crippen molar-refractivity contribution in [1.29, 1.82) is 0 Å². The molecule has 7 nitrogen and oxygen atoms in total. The first-order chi connectivity index (χ1) is 18.0. The molecular weight excluding hydrogens is 522 g/mol. The van der Waals surface area contributed by atoms with Gasteiger partial charge < -0.3 is 15.5 Å². The maximum atomic E-state index is 13.3. The highest BCUT2D eigenvalue weighted by atomic mass is 35.5. The quantitative estimate of drug-likeness (QED) is 0.229. The second kappa shape index (κ2) is 10.4. The Bertz CT molecular complexity index is 1750. The second-order valence-electron chi connectivity index (χ2n) is 9.12. The molecule has 192 valence electrons. The first kappa shape index (κ1) is 25.7. The zero-order valence-corrected chi connectivity index (χ0v) is 21.9. The van der Waals surface area contributed by atoms with Gasteiger partial charge in [0, 0.05) is 29.9 Å². The zero-order valence-electron chi connectivity index (χ0n) is 20.2. The lowest BCUT2D eigenvalue weighted by Crippen LogP contribution is -2.30. The number of fused-ring (bicyclic) bond motifs is 4. The van der Waals surface area contributed by atoms with Gasteiger partial charge in [0.2, 0.25) is 0 Å². The van der Waals surface area contributed by atoms with Gasteiger partial charge in [-0.1, -0.05) is 60.7 Å². The van der Waals surface area contributed by atoms with E-state index in [-0.39, 0.29) is 18.0 Å². The van der Waals surface area contributed by atoms with Gasteiger partial charge in [0.1, 0.15) is 16.1 Å². The fourth-order valence-corrected chi connectivity index (χ4v) is 6.27. The molecule has 38 heavy (non-hydrogen) atoms. The normalized spacial score (nSPS) is 13.2. The number of thiophene rings is 1. The van der Waals surface area contributed by atoms with E-state index >= 15 is 0 Å². The Morgan fingerprint density at radius 2 is 1.76 bits per heavy atom. The van der Waals surface area contributed by atoms with E-state index in [1.165, 1.54) is 16.9 Å². The zero-order chi connectivity index (χ0) is 25.5. The summed E-state index contributed by atoms with van der Waals surface area (Å²) in [7, 11) is 0. The summed E-state index contributed by atoms with van der Waals surface area (Å²) in [5.74, 6) is -1.23. The van der Waals surface area contributed by atoms with E-state index in [9.17, 15) is 14.4 Å². The molecule has 3 heterocycles. The van der Waals surface area contributed by atoms with E-state index in [1.807, 2.05) is 48.5 Å². The van der Waals surface area contributed by atoms with E-state index in [1.54, 1.807) is 12.1 Å². The number of nitrogens with two attached hydrogens (primary N) is 1. The molecule has 6 rings (SSSR count). The van der Waals surface area contributed by atoms with Crippen LogP contribution in [0, 0.1) is 0 Å². The number of hydrogen-bond donors (Lipinski definition) is 2. The Kier molecular flexibility index (Phi) is 7.03. The van der Waals surface area contributed by atoms with Crippen molar-refractivity contribution in [1.82, 2.24) is 4.90 Å². The summed E-state index contributed by atoms with van der Waals surface area (Å²) in [5.41, 5.74) is 7.68. The van der Waals surface area contributed by atoms with Crippen LogP contribution in [0.5, 0.6) is 0 Å². The Balaban J connectivity index is 0.00000294. The molecule has 0 atom stereocenters. The number of halogens is 1. The highest BCUT2D eigenvalue weighted by Crippen LogP contribution is 2.37. The van der Waals surface area contributed by atoms with E-state index in [2.05, 4.69) is 22.3 Å². The smallest absolute Gasteiger partial charge is 0.349 e. The molecule has 0 radical (unpaired) electrons. The van der Waals surface area contributed by atoms with Gasteiger partial charge in [-0.25, -0.2) is 4.79 Å². The van der Waals surface area contributed by atoms with Crippen molar-refractivity contribution in [2.24, 2.45) is 5.73 Å². The van der Waals surface area contributed by atoms with Crippen molar-refractivity contribution >= 4 is 62.3 Å². The maximum Gasteiger partial charge on any atom is 0.349 e. The number of nitrogens with zero attached hydrogens (tertiary/aromatic N) is 1. The molecule has 3 N–H and O–H groups in total. The highest BCUT2D eigenvalue weighted by molar-refractivity contribution is 7.17. The lowest BCUT2D eigenvalue weighted by molar-refractivity contribution is 0.0999. The van der Waals surface area contributed by atoms with E-state index in [0.717, 1.165) is 34.3 Å². The minimum Gasteiger partial charge on any atom is -0.422 e. The van der Waals surface area contributed by atoms with Gasteiger partial charge in [-0.05, 0) is 40.5 Å². The van der Waals surface area contributed by atoms with Crippen LogP contribution in [0.4, 0.5) is 5.00 Å². The van der Waals surface area contributed by atoms with Crippen LogP contribution in [0.3, 0.4) is 0 Å². The van der Waals surface area contributed by atoms with E-state index in [0.29, 0.717) is 34.5 Å². The molecule has 1 aliphatic rings. The molecule has 0 aliphatic carbocycles. The third-order valence-corrected chi connectivity index (χ3v) is 7.88. The fraction of sp³-hybridized carbons (Fsp3) is 0.138. The lowest BCUT2D eigenvalue weighted by Gasteiger charge is -2.27. The van der Waals surface area contributed by atoms with Crippen LogP contribution in [0.25, 0.3) is 21.7 Å². The molecule has 0 unspecified atom stereocenters. The number of nitrogens with one attached hydrogen (secondary N) is 1. The molecule has 2 amide bonds. The molecule has 0 spiro atoms. The van der Waals surface area contributed by atoms with Crippen molar-refractivity contribution in [2.75, 3.05) is 11.9 Å². The number of anilines is 1. The molecule has 0 fully saturated rings. The molecule has 1 aliphatic heterocycles. The fourth-order valence-electron chi connectivity index (χ4n) is 4.98. The molecule has 0 saturated heterocycles. The Labute approximate surface area is 228 Å². The molecule has 2 aromatic heterocycles. The summed E-state index contributed by atoms with van der Waals surface area (Å²) in [6.07, 6.45) is 0.650. The summed E-state index contributed by atoms with van der Waals surface area (Å²) in [5, 5.41) is 5.66. The third kappa shape index (κ3) is 4.69. The van der Waals surface area contributed by atoms with Crippen molar-refractivity contribution < 1.29 is 14.0 Å². The monoisotopic (exact) mass is 545 g/mol. The summed E-state index contributed by atoms with van der Waals surface area (Å²) in [6.45, 7) is 2.21. The van der Waals surface area contributed by atoms with Crippen molar-refractivity contribution in [3.63, 3.8) is 0 Å². The Morgan fingerprint density at radius 1 is 1.00 bits per heavy atom. The molecule has 0 saturated carbocycles. The molecule has 5 aromatic rings. The van der Waals surface area contributed by atoms with Gasteiger partial charge in [0.05, 0.1) is 5.56 Å². The first-order valence-corrected chi connectivity index (χ1v) is 12.8. The maximum absolute atomic E-state index is 13.3. The SMILES string of the molecule is Cl.NC(=O)c1c(NC(=O)c2cc3c(ccc4ccccc43)oc2=O)sc2c1CCN(Cc1ccccc1)C2. The van der Waals surface area contributed by atoms with Crippen molar-refractivity contribution in [3.8, 4) is 0 Å². The van der Waals surface area contributed by atoms with Gasteiger partial charge in [0.25, 0.3) is 11.8 Å².